The highest BCUT2D eigenvalue weighted by atomic mass is 16.5. The van der Waals surface area contributed by atoms with E-state index in [1.807, 2.05) is 0 Å². The lowest BCUT2D eigenvalue weighted by Gasteiger charge is -1.73. The van der Waals surface area contributed by atoms with Gasteiger partial charge in [-0.05, 0) is 0 Å². The van der Waals surface area contributed by atoms with Crippen LogP contribution in [0.25, 0.3) is 0 Å². The molecule has 0 aliphatic heterocycles. The van der Waals surface area contributed by atoms with Crippen LogP contribution in [0.3, 0.4) is 0 Å². The summed E-state index contributed by atoms with van der Waals surface area (Å²) >= 11 is 0. The molecule has 2 nitrogen and oxygen atoms in total. The van der Waals surface area contributed by atoms with Gasteiger partial charge < -0.3 is 4.74 Å². The van der Waals surface area contributed by atoms with E-state index >= 15 is 0 Å². The van der Waals surface area contributed by atoms with Gasteiger partial charge >= 0.3 is 0 Å². The minimum absolute atomic E-state index is 1.39. The monoisotopic (exact) mass is 85.1 g/mol. The molecule has 0 saturated heterocycles. The molecule has 0 aromatic heterocycles. The van der Waals surface area contributed by atoms with Gasteiger partial charge in [-0.2, -0.15) is 0 Å². The fourth-order valence-electron chi connectivity index (χ4n) is 0.105. The van der Waals surface area contributed by atoms with E-state index in [-0.39, 0.29) is 0 Å². The number of methoxy groups -OCH3 is 1. The first kappa shape index (κ1) is 5.25. The van der Waals surface area contributed by atoms with Crippen molar-refractivity contribution in [3.63, 3.8) is 0 Å². The maximum Gasteiger partial charge on any atom is 0.143 e. The Morgan fingerprint density at radius 3 is 2.67 bits per heavy atom. The highest BCUT2D eigenvalue weighted by Gasteiger charge is 1.47. The molecule has 6 heavy (non-hydrogen) atoms. The van der Waals surface area contributed by atoms with Crippen molar-refractivity contribution in [3.8, 4) is 0 Å². The van der Waals surface area contributed by atoms with Crippen LogP contribution in [0.2, 0.25) is 0 Å². The Kier molecular flexibility index (Phi) is 3.72. The van der Waals surface area contributed by atoms with E-state index in [1.165, 1.54) is 6.26 Å². The van der Waals surface area contributed by atoms with Gasteiger partial charge in [-0.1, -0.05) is 0 Å². The molecule has 0 aliphatic carbocycles. The van der Waals surface area contributed by atoms with Crippen LogP contribution < -0.4 is 0 Å². The van der Waals surface area contributed by atoms with Gasteiger partial charge in [0.15, 0.2) is 0 Å². The predicted molar refractivity (Wildman–Crippen MR) is 24.9 cm³/mol. The summed E-state index contributed by atoms with van der Waals surface area (Å²) < 4.78 is 4.45. The smallest absolute Gasteiger partial charge is 0.143 e. The maximum absolute atomic E-state index is 4.45. The van der Waals surface area contributed by atoms with Crippen molar-refractivity contribution < 1.29 is 4.74 Å². The molecule has 0 bridgehead atoms. The van der Waals surface area contributed by atoms with Gasteiger partial charge in [0, 0.05) is 12.9 Å². The Balaban J connectivity index is 3.18. The van der Waals surface area contributed by atoms with Crippen molar-refractivity contribution in [2.75, 3.05) is 14.2 Å². The Morgan fingerprint density at radius 2 is 2.50 bits per heavy atom. The van der Waals surface area contributed by atoms with Crippen LogP contribution in [0.15, 0.2) is 11.3 Å². The molecular weight excluding hydrogens is 78.0 g/mol. The molecule has 0 amide bonds. The van der Waals surface area contributed by atoms with Crippen LogP contribution in [0.4, 0.5) is 0 Å². The number of aliphatic imine (C=N–C) groups is 1. The zero-order valence-corrected chi connectivity index (χ0v) is 3.93. The average molecular weight is 85.1 g/mol. The fraction of sp³-hybridized carbons (Fsp3) is 0.500. The van der Waals surface area contributed by atoms with Crippen LogP contribution in [0, 0.1) is 0 Å². The Hall–Kier alpha value is -0.750. The lowest BCUT2D eigenvalue weighted by atomic mass is 11.0. The number of nitrogens with zero attached hydrogens (tertiary/aromatic N) is 1. The van der Waals surface area contributed by atoms with Crippen molar-refractivity contribution in [1.82, 2.24) is 0 Å². The van der Waals surface area contributed by atoms with Crippen LogP contribution in [-0.4, -0.2) is 20.0 Å². The third kappa shape index (κ3) is 3.25. The largest absolute Gasteiger partial charge is 0.495 e. The minimum Gasteiger partial charge on any atom is -0.495 e. The first-order chi connectivity index (χ1) is 2.91. The van der Waals surface area contributed by atoms with Gasteiger partial charge in [-0.25, -0.2) is 4.99 Å². The molecule has 0 spiro atoms. The molecule has 0 heterocycles. The second-order valence-corrected chi connectivity index (χ2v) is 0.706. The summed E-state index contributed by atoms with van der Waals surface area (Å²) in [5.41, 5.74) is 0. The van der Waals surface area contributed by atoms with Gasteiger partial charge in [0.1, 0.15) is 6.26 Å². The Labute approximate surface area is 37.2 Å². The molecule has 34 valence electrons. The van der Waals surface area contributed by atoms with Gasteiger partial charge in [-0.3, -0.25) is 0 Å². The second-order valence-electron chi connectivity index (χ2n) is 0.706. The predicted octanol–water partition coefficient (Wildman–Crippen LogP) is 0.446. The summed E-state index contributed by atoms with van der Waals surface area (Å²) in [5.74, 6) is 2.48. The highest BCUT2D eigenvalue weighted by molar-refractivity contribution is 5.48. The topological polar surface area (TPSA) is 21.6 Å². The quantitative estimate of drug-likeness (QED) is 0.334. The maximum atomic E-state index is 4.45. The van der Waals surface area contributed by atoms with Crippen molar-refractivity contribution in [3.05, 3.63) is 6.26 Å². The summed E-state index contributed by atoms with van der Waals surface area (Å²) in [7, 11) is 3.19. The molecular formula is C4H7NO. The third-order valence-electron chi connectivity index (χ3n) is 0.300. The lowest BCUT2D eigenvalue weighted by molar-refractivity contribution is 0.343. The molecule has 0 aromatic carbocycles. The van der Waals surface area contributed by atoms with E-state index in [0.717, 1.165) is 0 Å². The van der Waals surface area contributed by atoms with E-state index < -0.39 is 0 Å². The van der Waals surface area contributed by atoms with E-state index in [4.69, 9.17) is 0 Å². The molecule has 0 aliphatic rings. The summed E-state index contributed by atoms with van der Waals surface area (Å²) in [6, 6.07) is 0. The van der Waals surface area contributed by atoms with Crippen molar-refractivity contribution in [2.24, 2.45) is 4.99 Å². The van der Waals surface area contributed by atoms with E-state index in [2.05, 4.69) is 15.6 Å². The molecule has 0 atom stereocenters. The average Bonchev–Trinajstić information content (AvgIpc) is 1.61. The number of hydrogen-bond donors (Lipinski definition) is 0. The molecule has 0 saturated carbocycles. The summed E-state index contributed by atoms with van der Waals surface area (Å²) in [4.78, 5) is 3.49. The molecule has 0 fully saturated rings. The first-order valence-electron chi connectivity index (χ1n) is 1.60. The standard InChI is InChI=1S/C4H7NO/c1-5-3-4-6-2/h4H,1-2H3. The van der Waals surface area contributed by atoms with Crippen LogP contribution >= 0.6 is 0 Å². The summed E-state index contributed by atoms with van der Waals surface area (Å²) in [5, 5.41) is 0. The van der Waals surface area contributed by atoms with Gasteiger partial charge in [0.05, 0.1) is 7.11 Å². The zero-order chi connectivity index (χ0) is 4.83. The second kappa shape index (κ2) is 4.25. The first-order valence-corrected chi connectivity index (χ1v) is 1.60. The Morgan fingerprint density at radius 1 is 1.83 bits per heavy atom. The van der Waals surface area contributed by atoms with Crippen molar-refractivity contribution in [2.45, 2.75) is 0 Å². The number of hydrogen-bond acceptors (Lipinski definition) is 2. The van der Waals surface area contributed by atoms with Crippen molar-refractivity contribution >= 4 is 5.87 Å². The molecule has 0 unspecified atom stereocenters. The number of rotatable bonds is 1. The number of ether oxygens (including phenoxy) is 1. The molecule has 2 heteroatoms. The van der Waals surface area contributed by atoms with Crippen LogP contribution in [-0.2, 0) is 4.74 Å². The zero-order valence-electron chi connectivity index (χ0n) is 3.93. The minimum atomic E-state index is 1.39. The van der Waals surface area contributed by atoms with E-state index in [1.54, 1.807) is 14.2 Å². The van der Waals surface area contributed by atoms with Crippen molar-refractivity contribution in [1.29, 1.82) is 0 Å². The molecule has 0 radical (unpaired) electrons. The van der Waals surface area contributed by atoms with Crippen LogP contribution in [0.1, 0.15) is 0 Å². The van der Waals surface area contributed by atoms with E-state index in [9.17, 15) is 0 Å². The summed E-state index contributed by atoms with van der Waals surface area (Å²) in [6.45, 7) is 0. The lowest BCUT2D eigenvalue weighted by Crippen LogP contribution is -1.61. The highest BCUT2D eigenvalue weighted by Crippen LogP contribution is 1.54. The van der Waals surface area contributed by atoms with Gasteiger partial charge in [0.2, 0.25) is 0 Å². The molecule has 0 N–H and O–H groups in total. The fourth-order valence-corrected chi connectivity index (χ4v) is 0.105. The Bertz CT molecular complexity index is 71.6. The van der Waals surface area contributed by atoms with Gasteiger partial charge in [-0.15, -0.1) is 0 Å². The SMILES string of the molecule is CN=C=COC. The molecule has 0 aromatic rings. The van der Waals surface area contributed by atoms with Gasteiger partial charge in [0.25, 0.3) is 0 Å². The van der Waals surface area contributed by atoms with Crippen LogP contribution in [0.5, 0.6) is 0 Å². The normalized spacial score (nSPS) is 5.67. The third-order valence-corrected chi connectivity index (χ3v) is 0.300. The molecule has 0 rings (SSSR count). The summed E-state index contributed by atoms with van der Waals surface area (Å²) in [6.07, 6.45) is 1.39. The van der Waals surface area contributed by atoms with E-state index in [0.29, 0.717) is 0 Å².